The van der Waals surface area contributed by atoms with Crippen molar-refractivity contribution in [1.82, 2.24) is 9.55 Å². The molecule has 0 aliphatic heterocycles. The van der Waals surface area contributed by atoms with Gasteiger partial charge in [0.1, 0.15) is 0 Å². The SMILES string of the molecule is C=Cn1ccn[c]1[Os]. The second kappa shape index (κ2) is 2.24. The van der Waals surface area contributed by atoms with Crippen molar-refractivity contribution < 1.29 is 18.6 Å². The molecule has 0 aliphatic rings. The van der Waals surface area contributed by atoms with E-state index in [1.807, 2.05) is 10.8 Å². The number of hydrogen-bond donors (Lipinski definition) is 0. The molecular formula is C5H5N2Os. The Morgan fingerprint density at radius 3 is 2.88 bits per heavy atom. The summed E-state index contributed by atoms with van der Waals surface area (Å²) in [4.78, 5) is 3.99. The summed E-state index contributed by atoms with van der Waals surface area (Å²) in [6, 6.07) is 0. The number of hydrogen-bond acceptors (Lipinski definition) is 1. The summed E-state index contributed by atoms with van der Waals surface area (Å²) in [5.41, 5.74) is 0. The van der Waals surface area contributed by atoms with E-state index in [4.69, 9.17) is 0 Å². The van der Waals surface area contributed by atoms with E-state index in [1.54, 1.807) is 31.0 Å². The molecule has 0 bridgehead atoms. The van der Waals surface area contributed by atoms with Crippen LogP contribution in [0.1, 0.15) is 0 Å². The van der Waals surface area contributed by atoms with Crippen LogP contribution < -0.4 is 4.38 Å². The molecule has 3 heteroatoms. The Kier molecular flexibility index (Phi) is 1.60. The van der Waals surface area contributed by atoms with E-state index in [0.29, 0.717) is 0 Å². The molecule has 0 fully saturated rings. The van der Waals surface area contributed by atoms with Gasteiger partial charge < -0.3 is 0 Å². The number of imidazole rings is 1. The Balaban J connectivity index is 3.09. The summed E-state index contributed by atoms with van der Waals surface area (Å²) in [5, 5.41) is 0. The average Bonchev–Trinajstić information content (AvgIpc) is 2.14. The van der Waals surface area contributed by atoms with Crippen LogP contribution in [0.3, 0.4) is 0 Å². The molecule has 0 saturated carbocycles. The van der Waals surface area contributed by atoms with Crippen molar-refractivity contribution in [2.24, 2.45) is 0 Å². The molecule has 0 unspecified atom stereocenters. The molecule has 1 aromatic rings. The number of rotatable bonds is 1. The van der Waals surface area contributed by atoms with Gasteiger partial charge in [-0.3, -0.25) is 0 Å². The van der Waals surface area contributed by atoms with Crippen LogP contribution in [-0.2, 0) is 18.6 Å². The predicted molar refractivity (Wildman–Crippen MR) is 28.2 cm³/mol. The standard InChI is InChI=1S/C5H5N2.Os/c1-2-7-4-3-6-5-7;/h2-4H,1H2;. The average molecular weight is 283 g/mol. The second-order valence-corrected chi connectivity index (χ2v) is 2.41. The third kappa shape index (κ3) is 0.875. The summed E-state index contributed by atoms with van der Waals surface area (Å²) in [7, 11) is 0. The maximum atomic E-state index is 3.99. The summed E-state index contributed by atoms with van der Waals surface area (Å²) in [6.45, 7) is 3.59. The summed E-state index contributed by atoms with van der Waals surface area (Å²) < 4.78 is 2.87. The number of aromatic nitrogens is 2. The van der Waals surface area contributed by atoms with Crippen LogP contribution in [0.15, 0.2) is 19.0 Å². The Bertz CT molecular complexity index is 192. The first-order valence-corrected chi connectivity index (χ1v) is 3.41. The number of nitrogens with zero attached hydrogens (tertiary/aromatic N) is 2. The molecule has 0 radical (unpaired) electrons. The third-order valence-corrected chi connectivity index (χ3v) is 1.79. The van der Waals surface area contributed by atoms with Crippen molar-refractivity contribution in [3.05, 3.63) is 19.0 Å². The van der Waals surface area contributed by atoms with E-state index in [0.717, 1.165) is 4.38 Å². The van der Waals surface area contributed by atoms with Crippen molar-refractivity contribution >= 4 is 10.6 Å². The fraction of sp³-hybridized carbons (Fsp3) is 0. The van der Waals surface area contributed by atoms with Gasteiger partial charge in [-0.2, -0.15) is 0 Å². The summed E-state index contributed by atoms with van der Waals surface area (Å²) in [5.74, 6) is 0. The zero-order valence-electron chi connectivity index (χ0n) is 4.19. The van der Waals surface area contributed by atoms with Gasteiger partial charge in [-0.05, 0) is 0 Å². The third-order valence-electron chi connectivity index (χ3n) is 0.809. The van der Waals surface area contributed by atoms with E-state index in [9.17, 15) is 0 Å². The van der Waals surface area contributed by atoms with Gasteiger partial charge in [-0.1, -0.05) is 0 Å². The molecule has 2 nitrogen and oxygen atoms in total. The van der Waals surface area contributed by atoms with Crippen molar-refractivity contribution in [1.29, 1.82) is 0 Å². The van der Waals surface area contributed by atoms with Crippen LogP contribution in [-0.4, -0.2) is 9.55 Å². The molecule has 0 N–H and O–H groups in total. The molecule has 1 aromatic heterocycles. The van der Waals surface area contributed by atoms with Crippen molar-refractivity contribution in [3.8, 4) is 0 Å². The van der Waals surface area contributed by atoms with E-state index < -0.39 is 0 Å². The minimum atomic E-state index is 1.00. The normalized spacial score (nSPS) is 9.12. The van der Waals surface area contributed by atoms with Crippen LogP contribution in [0.2, 0.25) is 0 Å². The molecule has 0 saturated heterocycles. The van der Waals surface area contributed by atoms with Gasteiger partial charge in [-0.25, -0.2) is 0 Å². The van der Waals surface area contributed by atoms with Gasteiger partial charge in [0.25, 0.3) is 0 Å². The Hall–Kier alpha value is -0.414. The van der Waals surface area contributed by atoms with Gasteiger partial charge in [0.15, 0.2) is 0 Å². The molecule has 0 aliphatic carbocycles. The fourth-order valence-corrected chi connectivity index (χ4v) is 1.04. The van der Waals surface area contributed by atoms with E-state index >= 15 is 0 Å². The molecule has 1 heterocycles. The Labute approximate surface area is 58.2 Å². The topological polar surface area (TPSA) is 17.8 Å². The second-order valence-electron chi connectivity index (χ2n) is 1.28. The van der Waals surface area contributed by atoms with Crippen LogP contribution >= 0.6 is 0 Å². The van der Waals surface area contributed by atoms with Gasteiger partial charge in [0.2, 0.25) is 0 Å². The Morgan fingerprint density at radius 2 is 2.62 bits per heavy atom. The first kappa shape index (κ1) is 5.72. The van der Waals surface area contributed by atoms with Gasteiger partial charge in [-0.15, -0.1) is 0 Å². The van der Waals surface area contributed by atoms with Crippen LogP contribution in [0.4, 0.5) is 0 Å². The fourth-order valence-electron chi connectivity index (χ4n) is 0.425. The van der Waals surface area contributed by atoms with Crippen molar-refractivity contribution in [2.75, 3.05) is 0 Å². The molecule has 0 amide bonds. The van der Waals surface area contributed by atoms with Gasteiger partial charge in [0, 0.05) is 0 Å². The molecule has 8 heavy (non-hydrogen) atoms. The molecule has 1 rings (SSSR count). The molecular weight excluding hydrogens is 278 g/mol. The van der Waals surface area contributed by atoms with Crippen molar-refractivity contribution in [2.45, 2.75) is 0 Å². The van der Waals surface area contributed by atoms with E-state index in [2.05, 4.69) is 11.6 Å². The summed E-state index contributed by atoms with van der Waals surface area (Å²) >= 11 is 1.74. The van der Waals surface area contributed by atoms with Crippen LogP contribution in [0, 0.1) is 0 Å². The quantitative estimate of drug-likeness (QED) is 0.718. The van der Waals surface area contributed by atoms with E-state index in [1.165, 1.54) is 0 Å². The molecule has 0 atom stereocenters. The first-order chi connectivity index (χ1) is 3.84. The molecule has 0 spiro atoms. The Morgan fingerprint density at radius 1 is 1.88 bits per heavy atom. The van der Waals surface area contributed by atoms with Gasteiger partial charge in [0.05, 0.1) is 0 Å². The van der Waals surface area contributed by atoms with Crippen molar-refractivity contribution in [3.63, 3.8) is 0 Å². The predicted octanol–water partition coefficient (Wildman–Crippen LogP) is 0.156. The zero-order valence-corrected chi connectivity index (χ0v) is 6.73. The molecule has 0 aromatic carbocycles. The van der Waals surface area contributed by atoms with Gasteiger partial charge >= 0.3 is 57.7 Å². The zero-order chi connectivity index (χ0) is 5.98. The first-order valence-electron chi connectivity index (χ1n) is 2.14. The van der Waals surface area contributed by atoms with Crippen LogP contribution in [0.25, 0.3) is 6.20 Å². The molecule has 43 valence electrons. The summed E-state index contributed by atoms with van der Waals surface area (Å²) in [6.07, 6.45) is 5.36. The van der Waals surface area contributed by atoms with Crippen LogP contribution in [0.5, 0.6) is 0 Å². The monoisotopic (exact) mass is 285 g/mol. The maximum absolute atomic E-state index is 3.99. The minimum absolute atomic E-state index is 1.00. The van der Waals surface area contributed by atoms with E-state index in [-0.39, 0.29) is 0 Å².